The molecule has 0 heterocycles. The molecule has 1 fully saturated rings. The number of sulfonamides is 1. The monoisotopic (exact) mass is 328 g/mol. The van der Waals surface area contributed by atoms with Crippen molar-refractivity contribution in [2.45, 2.75) is 30.6 Å². The molecule has 0 radical (unpaired) electrons. The Hall–Kier alpha value is -1.13. The van der Waals surface area contributed by atoms with Crippen LogP contribution >= 0.6 is 11.6 Å². The lowest BCUT2D eigenvalue weighted by Gasteiger charge is -2.26. The normalized spacial score (nSPS) is 17.6. The van der Waals surface area contributed by atoms with Crippen molar-refractivity contribution in [3.8, 4) is 6.07 Å². The Kier molecular flexibility index (Phi) is 4.89. The zero-order valence-electron chi connectivity index (χ0n) is 11.5. The number of halogens is 1. The topological polar surface area (TPSA) is 90.2 Å². The van der Waals surface area contributed by atoms with Crippen LogP contribution in [0.3, 0.4) is 0 Å². The molecular weight excluding hydrogens is 312 g/mol. The van der Waals surface area contributed by atoms with Crippen molar-refractivity contribution in [2.24, 2.45) is 5.41 Å². The number of aliphatic hydroxyl groups is 1. The predicted molar refractivity (Wildman–Crippen MR) is 79.3 cm³/mol. The summed E-state index contributed by atoms with van der Waals surface area (Å²) in [6.45, 7) is 0.165. The first-order chi connectivity index (χ1) is 9.92. The standard InChI is InChI=1S/C14H17ClN2O3S/c15-12-7-11(8-16)3-4-13(12)21(19,20)17-9-14(10-18)5-1-2-6-14/h3-4,7,17-18H,1-2,5-6,9-10H2. The van der Waals surface area contributed by atoms with Gasteiger partial charge in [0.25, 0.3) is 0 Å². The summed E-state index contributed by atoms with van der Waals surface area (Å²) < 4.78 is 27.1. The van der Waals surface area contributed by atoms with Gasteiger partial charge in [-0.15, -0.1) is 0 Å². The summed E-state index contributed by atoms with van der Waals surface area (Å²) in [6.07, 6.45) is 3.63. The van der Waals surface area contributed by atoms with E-state index < -0.39 is 10.0 Å². The fourth-order valence-electron chi connectivity index (χ4n) is 2.63. The number of rotatable bonds is 5. The summed E-state index contributed by atoms with van der Waals surface area (Å²) >= 11 is 5.94. The third-order valence-corrected chi connectivity index (χ3v) is 5.87. The molecule has 1 aliphatic carbocycles. The number of nitrogens with one attached hydrogen (secondary N) is 1. The van der Waals surface area contributed by atoms with Gasteiger partial charge in [-0.1, -0.05) is 24.4 Å². The fourth-order valence-corrected chi connectivity index (χ4v) is 4.33. The van der Waals surface area contributed by atoms with Crippen LogP contribution in [0.4, 0.5) is 0 Å². The molecule has 2 N–H and O–H groups in total. The maximum atomic E-state index is 12.3. The molecule has 1 aliphatic rings. The first-order valence-electron chi connectivity index (χ1n) is 6.73. The van der Waals surface area contributed by atoms with Gasteiger partial charge in [0.1, 0.15) is 4.90 Å². The van der Waals surface area contributed by atoms with E-state index in [0.717, 1.165) is 25.7 Å². The Bertz CT molecular complexity index is 661. The molecule has 0 bridgehead atoms. The smallest absolute Gasteiger partial charge is 0.242 e. The third-order valence-electron chi connectivity index (χ3n) is 3.99. The lowest BCUT2D eigenvalue weighted by Crippen LogP contribution is -2.38. The minimum atomic E-state index is -3.75. The second kappa shape index (κ2) is 6.32. The molecule has 0 atom stereocenters. The Morgan fingerprint density at radius 3 is 2.57 bits per heavy atom. The average Bonchev–Trinajstić information content (AvgIpc) is 2.94. The Balaban J connectivity index is 2.17. The van der Waals surface area contributed by atoms with Gasteiger partial charge in [-0.3, -0.25) is 0 Å². The highest BCUT2D eigenvalue weighted by atomic mass is 35.5. The van der Waals surface area contributed by atoms with Gasteiger partial charge < -0.3 is 5.11 Å². The number of benzene rings is 1. The van der Waals surface area contributed by atoms with Crippen molar-refractivity contribution in [2.75, 3.05) is 13.2 Å². The van der Waals surface area contributed by atoms with Gasteiger partial charge in [0.05, 0.1) is 16.7 Å². The predicted octanol–water partition coefficient (Wildman–Crippen LogP) is 2.04. The molecule has 0 spiro atoms. The first-order valence-corrected chi connectivity index (χ1v) is 8.59. The molecule has 2 rings (SSSR count). The van der Waals surface area contributed by atoms with E-state index in [2.05, 4.69) is 4.72 Å². The Labute approximate surface area is 129 Å². The van der Waals surface area contributed by atoms with Crippen LogP contribution in [0.1, 0.15) is 31.2 Å². The van der Waals surface area contributed by atoms with Crippen LogP contribution in [0.25, 0.3) is 0 Å². The molecule has 5 nitrogen and oxygen atoms in total. The maximum Gasteiger partial charge on any atom is 0.242 e. The van der Waals surface area contributed by atoms with Crippen LogP contribution in [0.2, 0.25) is 5.02 Å². The second-order valence-electron chi connectivity index (χ2n) is 5.45. The minimum absolute atomic E-state index is 0.0195. The third kappa shape index (κ3) is 3.55. The number of hydrogen-bond acceptors (Lipinski definition) is 4. The largest absolute Gasteiger partial charge is 0.396 e. The SMILES string of the molecule is N#Cc1ccc(S(=O)(=O)NCC2(CO)CCCC2)c(Cl)c1. The van der Waals surface area contributed by atoms with Crippen molar-refractivity contribution >= 4 is 21.6 Å². The van der Waals surface area contributed by atoms with E-state index >= 15 is 0 Å². The lowest BCUT2D eigenvalue weighted by atomic mass is 9.88. The molecule has 7 heteroatoms. The van der Waals surface area contributed by atoms with Crippen LogP contribution in [0.15, 0.2) is 23.1 Å². The summed E-state index contributed by atoms with van der Waals surface area (Å²) in [7, 11) is -3.75. The van der Waals surface area contributed by atoms with Gasteiger partial charge in [-0.25, -0.2) is 13.1 Å². The molecule has 0 amide bonds. The van der Waals surface area contributed by atoms with Crippen molar-refractivity contribution < 1.29 is 13.5 Å². The molecule has 0 aromatic heterocycles. The summed E-state index contributed by atoms with van der Waals surface area (Å²) in [5.41, 5.74) is -0.0619. The van der Waals surface area contributed by atoms with Crippen LogP contribution in [0, 0.1) is 16.7 Å². The first kappa shape index (κ1) is 16.2. The summed E-state index contributed by atoms with van der Waals surface area (Å²) in [5.74, 6) is 0. The van der Waals surface area contributed by atoms with Crippen molar-refractivity contribution in [3.63, 3.8) is 0 Å². The second-order valence-corrected chi connectivity index (χ2v) is 7.59. The molecule has 0 unspecified atom stereocenters. The van der Waals surface area contributed by atoms with Crippen LogP contribution in [-0.2, 0) is 10.0 Å². The molecule has 1 saturated carbocycles. The molecule has 114 valence electrons. The van der Waals surface area contributed by atoms with Gasteiger partial charge >= 0.3 is 0 Å². The minimum Gasteiger partial charge on any atom is -0.396 e. The molecule has 1 aromatic rings. The molecule has 21 heavy (non-hydrogen) atoms. The number of nitriles is 1. The Morgan fingerprint density at radius 1 is 1.38 bits per heavy atom. The lowest BCUT2D eigenvalue weighted by molar-refractivity contribution is 0.134. The van der Waals surface area contributed by atoms with E-state index in [9.17, 15) is 13.5 Å². The van der Waals surface area contributed by atoms with Crippen molar-refractivity contribution in [3.05, 3.63) is 28.8 Å². The molecule has 0 aliphatic heterocycles. The quantitative estimate of drug-likeness (QED) is 0.865. The van der Waals surface area contributed by atoms with E-state index in [1.165, 1.54) is 18.2 Å². The summed E-state index contributed by atoms with van der Waals surface area (Å²) in [4.78, 5) is -0.0470. The van der Waals surface area contributed by atoms with Crippen LogP contribution in [0.5, 0.6) is 0 Å². The van der Waals surface area contributed by atoms with Gasteiger partial charge in [-0.05, 0) is 31.0 Å². The van der Waals surface area contributed by atoms with Gasteiger partial charge in [0.15, 0.2) is 0 Å². The van der Waals surface area contributed by atoms with Crippen LogP contribution < -0.4 is 4.72 Å². The van der Waals surface area contributed by atoms with Gasteiger partial charge in [0, 0.05) is 18.6 Å². The average molecular weight is 329 g/mol. The fraction of sp³-hybridized carbons (Fsp3) is 0.500. The van der Waals surface area contributed by atoms with E-state index in [4.69, 9.17) is 16.9 Å². The summed E-state index contributed by atoms with van der Waals surface area (Å²) in [6, 6.07) is 5.97. The van der Waals surface area contributed by atoms with Crippen LogP contribution in [-0.4, -0.2) is 26.7 Å². The van der Waals surface area contributed by atoms with Crippen molar-refractivity contribution in [1.29, 1.82) is 5.26 Å². The molecular formula is C14H17ClN2O3S. The van der Waals surface area contributed by atoms with E-state index in [1.807, 2.05) is 6.07 Å². The highest BCUT2D eigenvalue weighted by Crippen LogP contribution is 2.37. The van der Waals surface area contributed by atoms with Gasteiger partial charge in [-0.2, -0.15) is 5.26 Å². The van der Waals surface area contributed by atoms with Gasteiger partial charge in [0.2, 0.25) is 10.0 Å². The molecule has 0 saturated heterocycles. The van der Waals surface area contributed by atoms with Crippen molar-refractivity contribution in [1.82, 2.24) is 4.72 Å². The highest BCUT2D eigenvalue weighted by Gasteiger charge is 2.34. The number of hydrogen-bond donors (Lipinski definition) is 2. The zero-order valence-corrected chi connectivity index (χ0v) is 13.0. The maximum absolute atomic E-state index is 12.3. The summed E-state index contributed by atoms with van der Waals surface area (Å²) in [5, 5.41) is 18.3. The molecule has 1 aromatic carbocycles. The highest BCUT2D eigenvalue weighted by molar-refractivity contribution is 7.89. The number of aliphatic hydroxyl groups excluding tert-OH is 1. The van der Waals surface area contributed by atoms with E-state index in [0.29, 0.717) is 5.56 Å². The van der Waals surface area contributed by atoms with E-state index in [-0.39, 0.29) is 28.5 Å². The van der Waals surface area contributed by atoms with E-state index in [1.54, 1.807) is 0 Å². The number of nitrogens with zero attached hydrogens (tertiary/aromatic N) is 1. The zero-order chi connectivity index (χ0) is 15.5. The Morgan fingerprint density at radius 2 is 2.05 bits per heavy atom.